The van der Waals surface area contributed by atoms with Crippen molar-refractivity contribution in [3.8, 4) is 5.75 Å². The summed E-state index contributed by atoms with van der Waals surface area (Å²) in [5.41, 5.74) is 8.01. The lowest BCUT2D eigenvalue weighted by atomic mass is 10.1. The fraction of sp³-hybridized carbons (Fsp3) is 0.235. The molecule has 3 heteroatoms. The second-order valence-electron chi connectivity index (χ2n) is 4.78. The van der Waals surface area contributed by atoms with Gasteiger partial charge in [0.05, 0.1) is 0 Å². The van der Waals surface area contributed by atoms with E-state index < -0.39 is 0 Å². The number of hydrogen-bond donors (Lipinski definition) is 2. The van der Waals surface area contributed by atoms with Crippen molar-refractivity contribution in [3.63, 3.8) is 0 Å². The van der Waals surface area contributed by atoms with Crippen molar-refractivity contribution in [2.24, 2.45) is 5.73 Å². The lowest BCUT2D eigenvalue weighted by molar-refractivity contribution is 0.260. The fourth-order valence-corrected chi connectivity index (χ4v) is 2.05. The molecule has 3 nitrogen and oxygen atoms in total. The van der Waals surface area contributed by atoms with Crippen molar-refractivity contribution in [2.45, 2.75) is 25.9 Å². The summed E-state index contributed by atoms with van der Waals surface area (Å²) >= 11 is 0. The molecule has 1 unspecified atom stereocenters. The van der Waals surface area contributed by atoms with Gasteiger partial charge in [0.15, 0.2) is 6.10 Å². The molecule has 0 aliphatic rings. The molecule has 0 amide bonds. The van der Waals surface area contributed by atoms with Gasteiger partial charge >= 0.3 is 0 Å². The first-order chi connectivity index (χ1) is 9.69. The normalized spacial score (nSPS) is 11.8. The first-order valence-corrected chi connectivity index (χ1v) is 6.82. The molecule has 0 bridgehead atoms. The van der Waals surface area contributed by atoms with Gasteiger partial charge in [0.25, 0.3) is 0 Å². The molecule has 104 valence electrons. The van der Waals surface area contributed by atoms with Crippen LogP contribution in [0.5, 0.6) is 5.75 Å². The van der Waals surface area contributed by atoms with Gasteiger partial charge in [-0.2, -0.15) is 0 Å². The number of rotatable bonds is 6. The van der Waals surface area contributed by atoms with Crippen LogP contribution in [0.15, 0.2) is 54.6 Å². The van der Waals surface area contributed by atoms with Crippen LogP contribution in [0.1, 0.15) is 24.5 Å². The topological polar surface area (TPSA) is 59.1 Å². The van der Waals surface area contributed by atoms with Gasteiger partial charge in [-0.15, -0.1) is 0 Å². The van der Waals surface area contributed by atoms with E-state index in [-0.39, 0.29) is 11.9 Å². The summed E-state index contributed by atoms with van der Waals surface area (Å²) in [7, 11) is 0. The molecule has 0 heterocycles. The smallest absolute Gasteiger partial charge is 0.155 e. The Morgan fingerprint density at radius 2 is 1.65 bits per heavy atom. The zero-order valence-corrected chi connectivity index (χ0v) is 11.7. The highest BCUT2D eigenvalue weighted by atomic mass is 16.5. The lowest BCUT2D eigenvalue weighted by Gasteiger charge is -2.16. The van der Waals surface area contributed by atoms with E-state index >= 15 is 0 Å². The van der Waals surface area contributed by atoms with Crippen LogP contribution in [-0.2, 0) is 6.42 Å². The molecule has 3 N–H and O–H groups in total. The van der Waals surface area contributed by atoms with Crippen LogP contribution in [0.25, 0.3) is 0 Å². The monoisotopic (exact) mass is 268 g/mol. The third kappa shape index (κ3) is 3.85. The summed E-state index contributed by atoms with van der Waals surface area (Å²) in [5.74, 6) is 0.824. The van der Waals surface area contributed by atoms with Crippen LogP contribution in [0.4, 0.5) is 0 Å². The molecule has 1 atom stereocenters. The van der Waals surface area contributed by atoms with Crippen molar-refractivity contribution >= 4 is 5.84 Å². The van der Waals surface area contributed by atoms with Gasteiger partial charge < -0.3 is 10.5 Å². The molecule has 0 saturated carbocycles. The zero-order chi connectivity index (χ0) is 14.4. The van der Waals surface area contributed by atoms with E-state index in [2.05, 4.69) is 24.3 Å². The minimum absolute atomic E-state index is 0.0702. The number of benzene rings is 2. The van der Waals surface area contributed by atoms with Crippen LogP contribution in [-0.4, -0.2) is 11.9 Å². The zero-order valence-electron chi connectivity index (χ0n) is 11.7. The van der Waals surface area contributed by atoms with Crippen molar-refractivity contribution in [2.75, 3.05) is 0 Å². The van der Waals surface area contributed by atoms with Crippen LogP contribution >= 0.6 is 0 Å². The quantitative estimate of drug-likeness (QED) is 0.623. The SMILES string of the molecule is CCC(Oc1ccc(Cc2ccccc2)cc1)C(=N)N. The van der Waals surface area contributed by atoms with Gasteiger partial charge in [-0.3, -0.25) is 5.41 Å². The Bertz CT molecular complexity index is 549. The van der Waals surface area contributed by atoms with E-state index in [0.717, 1.165) is 12.2 Å². The Hall–Kier alpha value is -2.29. The van der Waals surface area contributed by atoms with Crippen molar-refractivity contribution < 1.29 is 4.74 Å². The summed E-state index contributed by atoms with van der Waals surface area (Å²) in [4.78, 5) is 0. The first-order valence-electron chi connectivity index (χ1n) is 6.82. The molecule has 0 fully saturated rings. The Morgan fingerprint density at radius 1 is 1.05 bits per heavy atom. The minimum atomic E-state index is -0.338. The Labute approximate surface area is 119 Å². The molecule has 2 aromatic carbocycles. The molecule has 2 aromatic rings. The van der Waals surface area contributed by atoms with Crippen molar-refractivity contribution in [3.05, 3.63) is 65.7 Å². The molecule has 0 saturated heterocycles. The fourth-order valence-electron chi connectivity index (χ4n) is 2.05. The van der Waals surface area contributed by atoms with E-state index in [1.807, 2.05) is 37.3 Å². The Balaban J connectivity index is 2.01. The molecular formula is C17H20N2O. The van der Waals surface area contributed by atoms with Gasteiger partial charge in [0.1, 0.15) is 11.6 Å². The molecular weight excluding hydrogens is 248 g/mol. The van der Waals surface area contributed by atoms with Crippen LogP contribution in [0, 0.1) is 5.41 Å². The standard InChI is InChI=1S/C17H20N2O/c1-2-16(17(18)19)20-15-10-8-14(9-11-15)12-13-6-4-3-5-7-13/h3-11,16H,2,12H2,1H3,(H3,18,19). The second kappa shape index (κ2) is 6.75. The third-order valence-corrected chi connectivity index (χ3v) is 3.17. The number of amidine groups is 1. The highest BCUT2D eigenvalue weighted by Gasteiger charge is 2.10. The number of hydrogen-bond acceptors (Lipinski definition) is 2. The van der Waals surface area contributed by atoms with E-state index in [1.165, 1.54) is 11.1 Å². The highest BCUT2D eigenvalue weighted by molar-refractivity contribution is 5.81. The average Bonchev–Trinajstić information content (AvgIpc) is 2.47. The summed E-state index contributed by atoms with van der Waals surface area (Å²) in [5, 5.41) is 7.44. The van der Waals surface area contributed by atoms with Gasteiger partial charge in [-0.1, -0.05) is 49.4 Å². The second-order valence-corrected chi connectivity index (χ2v) is 4.78. The van der Waals surface area contributed by atoms with Crippen molar-refractivity contribution in [1.82, 2.24) is 0 Å². The lowest BCUT2D eigenvalue weighted by Crippen LogP contribution is -2.32. The molecule has 0 spiro atoms. The Kier molecular flexibility index (Phi) is 4.77. The summed E-state index contributed by atoms with van der Waals surface area (Å²) < 4.78 is 5.68. The Morgan fingerprint density at radius 3 is 2.20 bits per heavy atom. The summed E-state index contributed by atoms with van der Waals surface area (Å²) in [6.07, 6.45) is 1.27. The molecule has 2 rings (SSSR count). The van der Waals surface area contributed by atoms with Gasteiger partial charge in [0, 0.05) is 0 Å². The van der Waals surface area contributed by atoms with E-state index in [4.69, 9.17) is 15.9 Å². The molecule has 0 aliphatic carbocycles. The summed E-state index contributed by atoms with van der Waals surface area (Å²) in [6.45, 7) is 1.95. The molecule has 20 heavy (non-hydrogen) atoms. The molecule has 0 aromatic heterocycles. The average molecular weight is 268 g/mol. The summed E-state index contributed by atoms with van der Waals surface area (Å²) in [6, 6.07) is 18.3. The number of ether oxygens (including phenoxy) is 1. The number of nitrogens with one attached hydrogen (secondary N) is 1. The van der Waals surface area contributed by atoms with E-state index in [1.54, 1.807) is 0 Å². The van der Waals surface area contributed by atoms with Crippen molar-refractivity contribution in [1.29, 1.82) is 5.41 Å². The predicted molar refractivity (Wildman–Crippen MR) is 82.3 cm³/mol. The van der Waals surface area contributed by atoms with Gasteiger partial charge in [0.2, 0.25) is 0 Å². The maximum Gasteiger partial charge on any atom is 0.155 e. The third-order valence-electron chi connectivity index (χ3n) is 3.17. The van der Waals surface area contributed by atoms with Crippen LogP contribution in [0.2, 0.25) is 0 Å². The molecule has 0 aliphatic heterocycles. The van der Waals surface area contributed by atoms with Gasteiger partial charge in [-0.25, -0.2) is 0 Å². The van der Waals surface area contributed by atoms with E-state index in [0.29, 0.717) is 6.42 Å². The predicted octanol–water partition coefficient (Wildman–Crippen LogP) is 3.37. The van der Waals surface area contributed by atoms with E-state index in [9.17, 15) is 0 Å². The number of nitrogens with two attached hydrogens (primary N) is 1. The largest absolute Gasteiger partial charge is 0.483 e. The van der Waals surface area contributed by atoms with Crippen LogP contribution in [0.3, 0.4) is 0 Å². The van der Waals surface area contributed by atoms with Crippen LogP contribution < -0.4 is 10.5 Å². The van der Waals surface area contributed by atoms with Gasteiger partial charge in [-0.05, 0) is 36.1 Å². The minimum Gasteiger partial charge on any atom is -0.483 e. The maximum absolute atomic E-state index is 7.44. The molecule has 0 radical (unpaired) electrons. The maximum atomic E-state index is 7.44. The highest BCUT2D eigenvalue weighted by Crippen LogP contribution is 2.17. The first kappa shape index (κ1) is 14.1.